The first kappa shape index (κ1) is 14.3. The topological polar surface area (TPSA) is 91.3 Å². The number of nitrogens with one attached hydrogen (secondary N) is 2. The molecule has 3 N–H and O–H groups in total. The number of hydrazine groups is 1. The van der Waals surface area contributed by atoms with Gasteiger partial charge in [-0.05, 0) is 35.9 Å². The van der Waals surface area contributed by atoms with Crippen LogP contribution in [0.25, 0.3) is 6.08 Å². The van der Waals surface area contributed by atoms with Gasteiger partial charge in [-0.3, -0.25) is 25.4 Å². The average molecular weight is 283 g/mol. The minimum Gasteiger partial charge on any atom is -0.508 e. The lowest BCUT2D eigenvalue weighted by Crippen LogP contribution is -2.40. The summed E-state index contributed by atoms with van der Waals surface area (Å²) in [5.41, 5.74) is 5.70. The third-order valence-electron chi connectivity index (χ3n) is 2.56. The Kier molecular flexibility index (Phi) is 4.66. The Balaban J connectivity index is 1.85. The van der Waals surface area contributed by atoms with Crippen LogP contribution in [0.2, 0.25) is 0 Å². The quantitative estimate of drug-likeness (QED) is 0.584. The molecule has 1 aromatic carbocycles. The number of carbonyl (C=O) groups is 2. The number of carbonyl (C=O) groups excluding carboxylic acids is 2. The highest BCUT2D eigenvalue weighted by Crippen LogP contribution is 2.10. The SMILES string of the molecule is O=C(/C=C/c1ccc(O)cc1)NNC(=O)c1ccncc1. The summed E-state index contributed by atoms with van der Waals surface area (Å²) in [4.78, 5) is 27.0. The number of hydrogen-bond donors (Lipinski definition) is 3. The fraction of sp³-hybridized carbons (Fsp3) is 0. The minimum absolute atomic E-state index is 0.154. The maximum absolute atomic E-state index is 11.7. The number of phenolic OH excluding ortho intramolecular Hbond substituents is 1. The number of aromatic nitrogens is 1. The summed E-state index contributed by atoms with van der Waals surface area (Å²) in [7, 11) is 0. The summed E-state index contributed by atoms with van der Waals surface area (Å²) in [6.45, 7) is 0. The standard InChI is InChI=1S/C15H13N3O3/c19-13-4-1-11(2-5-13)3-6-14(20)17-18-15(21)12-7-9-16-10-8-12/h1-10,19H,(H,17,20)(H,18,21)/b6-3+. The van der Waals surface area contributed by atoms with Gasteiger partial charge in [-0.25, -0.2) is 0 Å². The maximum atomic E-state index is 11.7. The van der Waals surface area contributed by atoms with Crippen LogP contribution in [0.5, 0.6) is 5.75 Å². The molecule has 0 aliphatic heterocycles. The van der Waals surface area contributed by atoms with E-state index in [0.29, 0.717) is 5.56 Å². The van der Waals surface area contributed by atoms with Crippen molar-refractivity contribution in [2.45, 2.75) is 0 Å². The molecule has 0 spiro atoms. The molecule has 2 amide bonds. The highest BCUT2D eigenvalue weighted by Gasteiger charge is 2.04. The molecule has 0 bridgehead atoms. The van der Waals surface area contributed by atoms with Crippen molar-refractivity contribution in [2.24, 2.45) is 0 Å². The van der Waals surface area contributed by atoms with E-state index < -0.39 is 11.8 Å². The average Bonchev–Trinajstić information content (AvgIpc) is 2.53. The minimum atomic E-state index is -0.467. The van der Waals surface area contributed by atoms with Gasteiger partial charge in [0.2, 0.25) is 0 Å². The Labute approximate surface area is 121 Å². The maximum Gasteiger partial charge on any atom is 0.269 e. The monoisotopic (exact) mass is 283 g/mol. The largest absolute Gasteiger partial charge is 0.508 e. The molecule has 0 fully saturated rings. The zero-order chi connectivity index (χ0) is 15.1. The van der Waals surface area contributed by atoms with E-state index in [1.807, 2.05) is 0 Å². The molecule has 1 heterocycles. The van der Waals surface area contributed by atoms with Crippen molar-refractivity contribution in [2.75, 3.05) is 0 Å². The first-order valence-corrected chi connectivity index (χ1v) is 6.12. The smallest absolute Gasteiger partial charge is 0.269 e. The molecule has 0 aliphatic carbocycles. The lowest BCUT2D eigenvalue weighted by atomic mass is 10.2. The van der Waals surface area contributed by atoms with E-state index >= 15 is 0 Å². The van der Waals surface area contributed by atoms with Gasteiger partial charge in [0.15, 0.2) is 0 Å². The highest BCUT2D eigenvalue weighted by molar-refractivity contribution is 5.97. The second-order valence-corrected chi connectivity index (χ2v) is 4.10. The summed E-state index contributed by atoms with van der Waals surface area (Å²) in [6, 6.07) is 9.43. The zero-order valence-electron chi connectivity index (χ0n) is 11.0. The van der Waals surface area contributed by atoms with Crippen LogP contribution in [-0.2, 0) is 4.79 Å². The van der Waals surface area contributed by atoms with Crippen LogP contribution in [0.3, 0.4) is 0 Å². The summed E-state index contributed by atoms with van der Waals surface area (Å²) < 4.78 is 0. The van der Waals surface area contributed by atoms with E-state index in [-0.39, 0.29) is 5.75 Å². The van der Waals surface area contributed by atoms with Gasteiger partial charge >= 0.3 is 0 Å². The molecule has 0 atom stereocenters. The number of nitrogens with zero attached hydrogens (tertiary/aromatic N) is 1. The first-order valence-electron chi connectivity index (χ1n) is 6.12. The molecule has 0 saturated heterocycles. The lowest BCUT2D eigenvalue weighted by molar-refractivity contribution is -0.117. The highest BCUT2D eigenvalue weighted by atomic mass is 16.3. The van der Waals surface area contributed by atoms with E-state index in [1.165, 1.54) is 42.7 Å². The third-order valence-corrected chi connectivity index (χ3v) is 2.56. The van der Waals surface area contributed by atoms with Crippen LogP contribution < -0.4 is 10.9 Å². The molecule has 6 heteroatoms. The van der Waals surface area contributed by atoms with Crippen molar-refractivity contribution < 1.29 is 14.7 Å². The summed E-state index contributed by atoms with van der Waals surface area (Å²) >= 11 is 0. The van der Waals surface area contributed by atoms with Gasteiger partial charge in [0.05, 0.1) is 0 Å². The molecule has 0 unspecified atom stereocenters. The predicted molar refractivity (Wildman–Crippen MR) is 77.0 cm³/mol. The van der Waals surface area contributed by atoms with E-state index in [1.54, 1.807) is 18.2 Å². The Hall–Kier alpha value is -3.15. The summed E-state index contributed by atoms with van der Waals surface area (Å²) in [6.07, 6.45) is 5.81. The van der Waals surface area contributed by atoms with Gasteiger partial charge in [0.1, 0.15) is 5.75 Å². The molecular formula is C15H13N3O3. The van der Waals surface area contributed by atoms with Gasteiger partial charge in [-0.1, -0.05) is 12.1 Å². The van der Waals surface area contributed by atoms with Crippen LogP contribution in [-0.4, -0.2) is 21.9 Å². The van der Waals surface area contributed by atoms with Gasteiger partial charge in [-0.2, -0.15) is 0 Å². The number of rotatable bonds is 3. The fourth-order valence-corrected chi connectivity index (χ4v) is 1.49. The van der Waals surface area contributed by atoms with Gasteiger partial charge in [-0.15, -0.1) is 0 Å². The van der Waals surface area contributed by atoms with Crippen molar-refractivity contribution in [3.8, 4) is 5.75 Å². The molecule has 21 heavy (non-hydrogen) atoms. The molecule has 0 saturated carbocycles. The van der Waals surface area contributed by atoms with Crippen molar-refractivity contribution in [1.82, 2.24) is 15.8 Å². The van der Waals surface area contributed by atoms with Gasteiger partial charge in [0.25, 0.3) is 11.8 Å². The second-order valence-electron chi connectivity index (χ2n) is 4.10. The van der Waals surface area contributed by atoms with E-state index in [4.69, 9.17) is 5.11 Å². The van der Waals surface area contributed by atoms with Crippen molar-refractivity contribution in [1.29, 1.82) is 0 Å². The van der Waals surface area contributed by atoms with Crippen LogP contribution >= 0.6 is 0 Å². The van der Waals surface area contributed by atoms with E-state index in [0.717, 1.165) is 5.56 Å². The Bertz CT molecular complexity index is 652. The molecule has 0 aliphatic rings. The van der Waals surface area contributed by atoms with Crippen molar-refractivity contribution >= 4 is 17.9 Å². The molecule has 0 radical (unpaired) electrons. The third kappa shape index (κ3) is 4.46. The molecule has 106 valence electrons. The van der Waals surface area contributed by atoms with Crippen molar-refractivity contribution in [3.05, 3.63) is 66.0 Å². The number of hydrogen-bond acceptors (Lipinski definition) is 4. The van der Waals surface area contributed by atoms with Crippen LogP contribution in [0.1, 0.15) is 15.9 Å². The Morgan fingerprint density at radius 1 is 1.00 bits per heavy atom. The first-order chi connectivity index (χ1) is 10.1. The van der Waals surface area contributed by atoms with Crippen LogP contribution in [0.15, 0.2) is 54.9 Å². The molecule has 1 aromatic heterocycles. The van der Waals surface area contributed by atoms with Crippen LogP contribution in [0.4, 0.5) is 0 Å². The molecule has 6 nitrogen and oxygen atoms in total. The summed E-state index contributed by atoms with van der Waals surface area (Å²) in [5, 5.41) is 9.13. The normalized spacial score (nSPS) is 10.3. The Morgan fingerprint density at radius 2 is 1.67 bits per heavy atom. The van der Waals surface area contributed by atoms with Gasteiger partial charge in [0, 0.05) is 24.0 Å². The van der Waals surface area contributed by atoms with Gasteiger partial charge < -0.3 is 5.11 Å². The molecule has 2 aromatic rings. The Morgan fingerprint density at radius 3 is 2.33 bits per heavy atom. The number of phenols is 1. The molecular weight excluding hydrogens is 270 g/mol. The lowest BCUT2D eigenvalue weighted by Gasteiger charge is -2.04. The number of benzene rings is 1. The zero-order valence-corrected chi connectivity index (χ0v) is 11.0. The number of amides is 2. The fourth-order valence-electron chi connectivity index (χ4n) is 1.49. The number of pyridine rings is 1. The summed E-state index contributed by atoms with van der Waals surface area (Å²) in [5.74, 6) is -0.740. The number of aromatic hydroxyl groups is 1. The van der Waals surface area contributed by atoms with E-state index in [9.17, 15) is 9.59 Å². The molecule has 2 rings (SSSR count). The van der Waals surface area contributed by atoms with Crippen molar-refractivity contribution in [3.63, 3.8) is 0 Å². The second kappa shape index (κ2) is 6.85. The van der Waals surface area contributed by atoms with E-state index in [2.05, 4.69) is 15.8 Å². The predicted octanol–water partition coefficient (Wildman–Crippen LogP) is 1.26. The van der Waals surface area contributed by atoms with Crippen LogP contribution in [0, 0.1) is 0 Å².